The van der Waals surface area contributed by atoms with Crippen molar-refractivity contribution < 1.29 is 14.9 Å². The van der Waals surface area contributed by atoms with Crippen molar-refractivity contribution in [2.24, 2.45) is 17.8 Å². The summed E-state index contributed by atoms with van der Waals surface area (Å²) < 4.78 is 7.15. The van der Waals surface area contributed by atoms with Crippen molar-refractivity contribution in [3.63, 3.8) is 0 Å². The molecule has 29 heavy (non-hydrogen) atoms. The van der Waals surface area contributed by atoms with E-state index < -0.39 is 12.2 Å². The fraction of sp³-hybridized carbons (Fsp3) is 0.450. The molecule has 2 aromatic heterocycles. The molecule has 5 rings (SSSR count). The zero-order valence-corrected chi connectivity index (χ0v) is 16.6. The highest BCUT2D eigenvalue weighted by molar-refractivity contribution is 6.28. The molecule has 5 atom stereocenters. The number of rotatable bonds is 6. The van der Waals surface area contributed by atoms with Crippen LogP contribution in [0.4, 0.5) is 5.82 Å². The molecule has 3 N–H and O–H groups in total. The van der Waals surface area contributed by atoms with E-state index in [1.165, 1.54) is 0 Å². The van der Waals surface area contributed by atoms with Gasteiger partial charge in [-0.15, -0.1) is 0 Å². The topological polar surface area (TPSA) is 105 Å². The number of nitrogens with zero attached hydrogens (tertiary/aromatic N) is 4. The number of benzene rings is 1. The Labute approximate surface area is 172 Å². The molecule has 1 aromatic carbocycles. The van der Waals surface area contributed by atoms with Crippen molar-refractivity contribution in [3.05, 3.63) is 41.4 Å². The van der Waals surface area contributed by atoms with E-state index in [0.717, 1.165) is 17.7 Å². The molecule has 0 spiro atoms. The maximum absolute atomic E-state index is 10.3. The van der Waals surface area contributed by atoms with E-state index >= 15 is 0 Å². The van der Waals surface area contributed by atoms with E-state index in [1.807, 2.05) is 28.8 Å². The van der Waals surface area contributed by atoms with Gasteiger partial charge in [0.15, 0.2) is 17.0 Å². The molecular formula is C20H22ClN5O3. The number of aromatic nitrogens is 4. The van der Waals surface area contributed by atoms with Crippen LogP contribution in [0.15, 0.2) is 30.6 Å². The van der Waals surface area contributed by atoms with Crippen LogP contribution in [0.5, 0.6) is 5.75 Å². The van der Waals surface area contributed by atoms with Crippen LogP contribution in [0.1, 0.15) is 12.0 Å². The van der Waals surface area contributed by atoms with Crippen molar-refractivity contribution in [1.29, 1.82) is 0 Å². The molecular weight excluding hydrogens is 394 g/mol. The van der Waals surface area contributed by atoms with E-state index in [0.29, 0.717) is 36.0 Å². The molecule has 0 bridgehead atoms. The fourth-order valence-electron chi connectivity index (χ4n) is 4.49. The van der Waals surface area contributed by atoms with Gasteiger partial charge in [0.1, 0.15) is 5.75 Å². The number of hydrogen-bond donors (Lipinski definition) is 3. The number of fused-ring (bicyclic) bond motifs is 2. The average molecular weight is 416 g/mol. The minimum atomic E-state index is -0.709. The standard InChI is InChI=1S/C20H22ClN5O3/c1-29-11-4-2-3-10(5-11)7-22-18-15-19(25-20(21)24-18)26(9-23-15)8-14-12-6-13(12)16(27)17(14)28/h2-5,9,12-14,16-17,27-28H,6-8H2,1H3,(H,22,24,25)/t12-,13+,14+,16+,17-/m0/s1. The van der Waals surface area contributed by atoms with Crippen molar-refractivity contribution in [3.8, 4) is 5.75 Å². The Morgan fingerprint density at radius 2 is 2.10 bits per heavy atom. The first-order valence-electron chi connectivity index (χ1n) is 9.66. The molecule has 2 aliphatic rings. The molecule has 152 valence electrons. The first-order valence-corrected chi connectivity index (χ1v) is 10.0. The summed E-state index contributed by atoms with van der Waals surface area (Å²) in [7, 11) is 1.64. The number of nitrogens with one attached hydrogen (secondary N) is 1. The second-order valence-electron chi connectivity index (χ2n) is 7.82. The summed E-state index contributed by atoms with van der Waals surface area (Å²) in [5, 5.41) is 23.8. The molecule has 3 aromatic rings. The number of hydrogen-bond acceptors (Lipinski definition) is 7. The quantitative estimate of drug-likeness (QED) is 0.529. The Kier molecular flexibility index (Phi) is 4.57. The Hall–Kier alpha value is -2.42. The van der Waals surface area contributed by atoms with Gasteiger partial charge in [-0.3, -0.25) is 0 Å². The third kappa shape index (κ3) is 3.31. The molecule has 0 radical (unpaired) electrons. The minimum absolute atomic E-state index is 0.00525. The van der Waals surface area contributed by atoms with Crippen molar-refractivity contribution >= 4 is 28.6 Å². The van der Waals surface area contributed by atoms with Gasteiger partial charge in [-0.1, -0.05) is 12.1 Å². The van der Waals surface area contributed by atoms with Crippen LogP contribution in [-0.2, 0) is 13.1 Å². The fourth-order valence-corrected chi connectivity index (χ4v) is 4.66. The lowest BCUT2D eigenvalue weighted by Gasteiger charge is -2.21. The predicted molar refractivity (Wildman–Crippen MR) is 108 cm³/mol. The summed E-state index contributed by atoms with van der Waals surface area (Å²) in [6, 6.07) is 7.76. The van der Waals surface area contributed by atoms with Crippen LogP contribution in [0, 0.1) is 17.8 Å². The molecule has 0 amide bonds. The van der Waals surface area contributed by atoms with Crippen LogP contribution >= 0.6 is 11.6 Å². The lowest BCUT2D eigenvalue weighted by atomic mass is 9.99. The molecule has 2 aliphatic carbocycles. The second kappa shape index (κ2) is 7.12. The summed E-state index contributed by atoms with van der Waals surface area (Å²) in [5.74, 6) is 1.92. The molecule has 2 fully saturated rings. The van der Waals surface area contributed by atoms with Crippen molar-refractivity contribution in [2.45, 2.75) is 31.7 Å². The Morgan fingerprint density at radius 1 is 1.24 bits per heavy atom. The number of halogens is 1. The zero-order chi connectivity index (χ0) is 20.1. The van der Waals surface area contributed by atoms with Crippen molar-refractivity contribution in [1.82, 2.24) is 19.5 Å². The smallest absolute Gasteiger partial charge is 0.226 e. The highest BCUT2D eigenvalue weighted by Gasteiger charge is 2.58. The normalized spacial score (nSPS) is 27.8. The molecule has 0 unspecified atom stereocenters. The molecule has 2 saturated carbocycles. The monoisotopic (exact) mass is 415 g/mol. The highest BCUT2D eigenvalue weighted by atomic mass is 35.5. The van der Waals surface area contributed by atoms with Crippen LogP contribution < -0.4 is 10.1 Å². The molecule has 0 saturated heterocycles. The summed E-state index contributed by atoms with van der Waals surface area (Å²) in [6.45, 7) is 1.07. The Bertz CT molecular complexity index is 1060. The largest absolute Gasteiger partial charge is 0.497 e. The Balaban J connectivity index is 1.39. The SMILES string of the molecule is COc1cccc(CNc2nc(Cl)nc3c2ncn3C[C@H]2[C@H](O)[C@H](O)[C@@H]3C[C@H]23)c1. The van der Waals surface area contributed by atoms with E-state index in [1.54, 1.807) is 13.4 Å². The third-order valence-corrected chi connectivity index (χ3v) is 6.28. The van der Waals surface area contributed by atoms with Gasteiger partial charge >= 0.3 is 0 Å². The van der Waals surface area contributed by atoms with Gasteiger partial charge in [0, 0.05) is 19.0 Å². The van der Waals surface area contributed by atoms with Gasteiger partial charge < -0.3 is 24.8 Å². The number of anilines is 1. The first-order chi connectivity index (χ1) is 14.0. The van der Waals surface area contributed by atoms with Crippen molar-refractivity contribution in [2.75, 3.05) is 12.4 Å². The number of methoxy groups -OCH3 is 1. The summed E-state index contributed by atoms with van der Waals surface area (Å²) >= 11 is 6.17. The maximum Gasteiger partial charge on any atom is 0.226 e. The van der Waals surface area contributed by atoms with Gasteiger partial charge in [0.2, 0.25) is 5.28 Å². The van der Waals surface area contributed by atoms with Crippen LogP contribution in [0.2, 0.25) is 5.28 Å². The zero-order valence-electron chi connectivity index (χ0n) is 15.9. The maximum atomic E-state index is 10.3. The lowest BCUT2D eigenvalue weighted by Crippen LogP contribution is -2.31. The van der Waals surface area contributed by atoms with E-state index in [2.05, 4.69) is 20.3 Å². The highest BCUT2D eigenvalue weighted by Crippen LogP contribution is 2.56. The van der Waals surface area contributed by atoms with Gasteiger partial charge in [0.05, 0.1) is 25.6 Å². The minimum Gasteiger partial charge on any atom is -0.497 e. The number of ether oxygens (including phenoxy) is 1. The third-order valence-electron chi connectivity index (χ3n) is 6.11. The predicted octanol–water partition coefficient (Wildman–Crippen LogP) is 2.09. The second-order valence-corrected chi connectivity index (χ2v) is 8.16. The lowest BCUT2D eigenvalue weighted by molar-refractivity contribution is -0.00373. The van der Waals surface area contributed by atoms with Crippen LogP contribution in [0.3, 0.4) is 0 Å². The van der Waals surface area contributed by atoms with E-state index in [4.69, 9.17) is 16.3 Å². The number of aliphatic hydroxyl groups excluding tert-OH is 2. The number of imidazole rings is 1. The summed E-state index contributed by atoms with van der Waals surface area (Å²) in [6.07, 6.45) is 1.33. The van der Waals surface area contributed by atoms with E-state index in [9.17, 15) is 10.2 Å². The van der Waals surface area contributed by atoms with Gasteiger partial charge in [-0.05, 0) is 47.6 Å². The molecule has 2 heterocycles. The van der Waals surface area contributed by atoms with E-state index in [-0.39, 0.29) is 17.1 Å². The summed E-state index contributed by atoms with van der Waals surface area (Å²) in [5.41, 5.74) is 2.27. The average Bonchev–Trinajstić information content (AvgIpc) is 3.36. The van der Waals surface area contributed by atoms with Gasteiger partial charge in [0.25, 0.3) is 0 Å². The van der Waals surface area contributed by atoms with Crippen LogP contribution in [0.25, 0.3) is 11.2 Å². The molecule has 8 nitrogen and oxygen atoms in total. The van der Waals surface area contributed by atoms with Crippen LogP contribution in [-0.4, -0.2) is 49.0 Å². The van der Waals surface area contributed by atoms with Gasteiger partial charge in [-0.25, -0.2) is 4.98 Å². The Morgan fingerprint density at radius 3 is 2.86 bits per heavy atom. The summed E-state index contributed by atoms with van der Waals surface area (Å²) in [4.78, 5) is 13.1. The molecule has 0 aliphatic heterocycles. The number of aliphatic hydroxyl groups is 2. The first kappa shape index (κ1) is 18.6. The molecule has 9 heteroatoms. The van der Waals surface area contributed by atoms with Gasteiger partial charge in [-0.2, -0.15) is 9.97 Å².